The van der Waals surface area contributed by atoms with Crippen LogP contribution in [-0.2, 0) is 11.2 Å². The molecule has 0 spiro atoms. The maximum Gasteiger partial charge on any atom is 0.312 e. The molecule has 0 saturated carbocycles. The van der Waals surface area contributed by atoms with Gasteiger partial charge in [0.25, 0.3) is 0 Å². The smallest absolute Gasteiger partial charge is 0.312 e. The van der Waals surface area contributed by atoms with Crippen LogP contribution in [0.15, 0.2) is 18.2 Å². The molecular formula is C18H21NO4S. The third kappa shape index (κ3) is 3.24. The molecule has 0 amide bonds. The van der Waals surface area contributed by atoms with E-state index in [2.05, 4.69) is 11.9 Å². The number of aryl methyl sites for hydroxylation is 1. The van der Waals surface area contributed by atoms with Crippen molar-refractivity contribution >= 4 is 17.3 Å². The molecule has 0 radical (unpaired) electrons. The Morgan fingerprint density at radius 1 is 1.42 bits per heavy atom. The van der Waals surface area contributed by atoms with Crippen molar-refractivity contribution in [3.63, 3.8) is 0 Å². The monoisotopic (exact) mass is 347 g/mol. The van der Waals surface area contributed by atoms with Crippen molar-refractivity contribution in [2.24, 2.45) is 0 Å². The number of carboxylic acids is 1. The molecule has 1 unspecified atom stereocenters. The molecular weight excluding hydrogens is 326 g/mol. The van der Waals surface area contributed by atoms with Gasteiger partial charge in [0.2, 0.25) is 0 Å². The number of aromatic nitrogens is 1. The van der Waals surface area contributed by atoms with Crippen LogP contribution in [0, 0.1) is 0 Å². The summed E-state index contributed by atoms with van der Waals surface area (Å²) >= 11 is 1.58. The van der Waals surface area contributed by atoms with Crippen molar-refractivity contribution < 1.29 is 19.4 Å². The van der Waals surface area contributed by atoms with Gasteiger partial charge >= 0.3 is 5.97 Å². The normalized spacial score (nSPS) is 16.5. The first-order valence-electron chi connectivity index (χ1n) is 8.17. The minimum Gasteiger partial charge on any atom is -0.493 e. The molecule has 0 aliphatic heterocycles. The van der Waals surface area contributed by atoms with E-state index in [4.69, 9.17) is 9.47 Å². The van der Waals surface area contributed by atoms with E-state index in [0.29, 0.717) is 24.5 Å². The van der Waals surface area contributed by atoms with Crippen molar-refractivity contribution in [3.05, 3.63) is 28.8 Å². The Morgan fingerprint density at radius 2 is 2.25 bits per heavy atom. The quantitative estimate of drug-likeness (QED) is 0.851. The van der Waals surface area contributed by atoms with Crippen molar-refractivity contribution in [3.8, 4) is 22.1 Å². The summed E-state index contributed by atoms with van der Waals surface area (Å²) in [6.45, 7) is 2.70. The van der Waals surface area contributed by atoms with E-state index in [1.54, 1.807) is 18.4 Å². The third-order valence-electron chi connectivity index (χ3n) is 4.12. The first-order valence-corrected chi connectivity index (χ1v) is 8.99. The summed E-state index contributed by atoms with van der Waals surface area (Å²) in [7, 11) is 1.62. The standard InChI is InChI=1S/C18H21NO4S/c1-3-9-23-13-8-7-11(10-14(13)22-2)17-19-16-12(18(20)21)5-4-6-15(16)24-17/h7-8,10,12H,3-6,9H2,1-2H3,(H,20,21). The first-order chi connectivity index (χ1) is 11.6. The second kappa shape index (κ2) is 7.21. The van der Waals surface area contributed by atoms with Crippen LogP contribution in [0.2, 0.25) is 0 Å². The summed E-state index contributed by atoms with van der Waals surface area (Å²) < 4.78 is 11.1. The lowest BCUT2D eigenvalue weighted by molar-refractivity contribution is -0.139. The summed E-state index contributed by atoms with van der Waals surface area (Å²) in [6.07, 6.45) is 3.41. The summed E-state index contributed by atoms with van der Waals surface area (Å²) in [5.41, 5.74) is 1.67. The predicted molar refractivity (Wildman–Crippen MR) is 93.2 cm³/mol. The summed E-state index contributed by atoms with van der Waals surface area (Å²) in [6, 6.07) is 5.75. The Labute approximate surface area is 145 Å². The maximum absolute atomic E-state index is 11.4. The van der Waals surface area contributed by atoms with E-state index >= 15 is 0 Å². The fraction of sp³-hybridized carbons (Fsp3) is 0.444. The molecule has 2 aromatic rings. The van der Waals surface area contributed by atoms with Crippen LogP contribution >= 0.6 is 11.3 Å². The van der Waals surface area contributed by atoms with Gasteiger partial charge in [-0.05, 0) is 43.9 Å². The molecule has 5 nitrogen and oxygen atoms in total. The molecule has 1 N–H and O–H groups in total. The van der Waals surface area contributed by atoms with E-state index in [-0.39, 0.29) is 0 Å². The molecule has 1 heterocycles. The summed E-state index contributed by atoms with van der Waals surface area (Å²) in [5.74, 6) is 0.123. The number of benzene rings is 1. The lowest BCUT2D eigenvalue weighted by Gasteiger charge is -2.16. The van der Waals surface area contributed by atoms with E-state index in [0.717, 1.165) is 40.4 Å². The SMILES string of the molecule is CCCOc1ccc(-c2nc3c(s2)CCCC3C(=O)O)cc1OC. The van der Waals surface area contributed by atoms with Gasteiger partial charge < -0.3 is 14.6 Å². The van der Waals surface area contributed by atoms with Gasteiger partial charge in [0.15, 0.2) is 11.5 Å². The molecule has 128 valence electrons. The lowest BCUT2D eigenvalue weighted by atomic mass is 9.91. The predicted octanol–water partition coefficient (Wildman–Crippen LogP) is 4.11. The molecule has 1 aliphatic carbocycles. The van der Waals surface area contributed by atoms with E-state index < -0.39 is 11.9 Å². The van der Waals surface area contributed by atoms with Crippen molar-refractivity contribution in [1.29, 1.82) is 0 Å². The molecule has 1 aromatic heterocycles. The topological polar surface area (TPSA) is 68.7 Å². The number of hydrogen-bond acceptors (Lipinski definition) is 5. The van der Waals surface area contributed by atoms with E-state index in [1.807, 2.05) is 18.2 Å². The average molecular weight is 347 g/mol. The van der Waals surface area contributed by atoms with Gasteiger partial charge in [-0.2, -0.15) is 0 Å². The Kier molecular flexibility index (Phi) is 5.04. The van der Waals surface area contributed by atoms with Crippen LogP contribution in [0.4, 0.5) is 0 Å². The second-order valence-corrected chi connectivity index (χ2v) is 6.91. The van der Waals surface area contributed by atoms with Gasteiger partial charge in [-0.25, -0.2) is 4.98 Å². The third-order valence-corrected chi connectivity index (χ3v) is 5.30. The molecule has 6 heteroatoms. The summed E-state index contributed by atoms with van der Waals surface area (Å²) in [5, 5.41) is 10.2. The van der Waals surface area contributed by atoms with Crippen molar-refractivity contribution in [1.82, 2.24) is 4.98 Å². The van der Waals surface area contributed by atoms with Crippen molar-refractivity contribution in [2.45, 2.75) is 38.5 Å². The number of ether oxygens (including phenoxy) is 2. The first kappa shape index (κ1) is 16.8. The fourth-order valence-corrected chi connectivity index (χ4v) is 4.08. The van der Waals surface area contributed by atoms with Crippen molar-refractivity contribution in [2.75, 3.05) is 13.7 Å². The number of aliphatic carboxylic acids is 1. The van der Waals surface area contributed by atoms with Crippen LogP contribution in [0.1, 0.15) is 42.7 Å². The molecule has 1 aliphatic rings. The van der Waals surface area contributed by atoms with Gasteiger partial charge in [-0.1, -0.05) is 6.92 Å². The van der Waals surface area contributed by atoms with Gasteiger partial charge in [-0.3, -0.25) is 4.79 Å². The molecule has 1 aromatic carbocycles. The van der Waals surface area contributed by atoms with Gasteiger partial charge in [0, 0.05) is 10.4 Å². The van der Waals surface area contributed by atoms with Crippen LogP contribution in [0.5, 0.6) is 11.5 Å². The maximum atomic E-state index is 11.4. The molecule has 0 saturated heterocycles. The number of fused-ring (bicyclic) bond motifs is 1. The second-order valence-electron chi connectivity index (χ2n) is 5.82. The van der Waals surface area contributed by atoms with Gasteiger partial charge in [-0.15, -0.1) is 11.3 Å². The minimum atomic E-state index is -0.784. The van der Waals surface area contributed by atoms with Gasteiger partial charge in [0.1, 0.15) is 5.01 Å². The molecule has 0 fully saturated rings. The number of thiazole rings is 1. The summed E-state index contributed by atoms with van der Waals surface area (Å²) in [4.78, 5) is 17.2. The number of rotatable bonds is 6. The van der Waals surface area contributed by atoms with Gasteiger partial charge in [0.05, 0.1) is 25.3 Å². The Morgan fingerprint density at radius 3 is 2.96 bits per heavy atom. The molecule has 0 bridgehead atoms. The zero-order valence-corrected chi connectivity index (χ0v) is 14.7. The zero-order valence-electron chi connectivity index (χ0n) is 13.9. The van der Waals surface area contributed by atoms with Crippen LogP contribution in [0.3, 0.4) is 0 Å². The molecule has 24 heavy (non-hydrogen) atoms. The highest BCUT2D eigenvalue weighted by Gasteiger charge is 2.30. The zero-order chi connectivity index (χ0) is 17.1. The van der Waals surface area contributed by atoms with Crippen LogP contribution < -0.4 is 9.47 Å². The number of methoxy groups -OCH3 is 1. The molecule has 3 rings (SSSR count). The van der Waals surface area contributed by atoms with Crippen LogP contribution in [0.25, 0.3) is 10.6 Å². The Bertz CT molecular complexity index is 741. The minimum absolute atomic E-state index is 0.479. The average Bonchev–Trinajstić information content (AvgIpc) is 3.03. The fourth-order valence-electron chi connectivity index (χ4n) is 2.91. The molecule has 1 atom stereocenters. The Hall–Kier alpha value is -2.08. The number of carbonyl (C=O) groups is 1. The number of hydrogen-bond donors (Lipinski definition) is 1. The van der Waals surface area contributed by atoms with Crippen LogP contribution in [-0.4, -0.2) is 29.8 Å². The number of nitrogens with zero attached hydrogens (tertiary/aromatic N) is 1. The van der Waals surface area contributed by atoms with E-state index in [1.165, 1.54) is 0 Å². The largest absolute Gasteiger partial charge is 0.493 e. The highest BCUT2D eigenvalue weighted by Crippen LogP contribution is 2.40. The highest BCUT2D eigenvalue weighted by molar-refractivity contribution is 7.15. The Balaban J connectivity index is 1.94. The highest BCUT2D eigenvalue weighted by atomic mass is 32.1. The number of carboxylic acid groups (broad SMARTS) is 1. The van der Waals surface area contributed by atoms with E-state index in [9.17, 15) is 9.90 Å². The lowest BCUT2D eigenvalue weighted by Crippen LogP contribution is -2.17.